The minimum absolute atomic E-state index is 0.147. The lowest BCUT2D eigenvalue weighted by Crippen LogP contribution is -2.23. The van der Waals surface area contributed by atoms with Crippen LogP contribution in [0.25, 0.3) is 10.2 Å². The Morgan fingerprint density at radius 1 is 1.17 bits per heavy atom. The molecular formula is C17H16N2O3S2. The molecule has 7 heteroatoms. The number of anilines is 1. The highest BCUT2D eigenvalue weighted by atomic mass is 32.2. The van der Waals surface area contributed by atoms with Crippen LogP contribution in [-0.2, 0) is 20.4 Å². The second kappa shape index (κ2) is 6.70. The molecule has 24 heavy (non-hydrogen) atoms. The number of carbonyl (C=O) groups excluding carboxylic acids is 1. The summed E-state index contributed by atoms with van der Waals surface area (Å²) in [7, 11) is -3.52. The van der Waals surface area contributed by atoms with Crippen molar-refractivity contribution in [2.24, 2.45) is 0 Å². The van der Waals surface area contributed by atoms with Gasteiger partial charge in [0.2, 0.25) is 5.91 Å². The molecule has 1 aromatic heterocycles. The van der Waals surface area contributed by atoms with Crippen molar-refractivity contribution in [2.45, 2.75) is 12.7 Å². The third-order valence-corrected chi connectivity index (χ3v) is 5.79. The fourth-order valence-electron chi connectivity index (χ4n) is 2.40. The van der Waals surface area contributed by atoms with Crippen molar-refractivity contribution in [3.8, 4) is 0 Å². The normalized spacial score (nSPS) is 11.5. The Balaban J connectivity index is 1.67. The fourth-order valence-corrected chi connectivity index (χ4v) is 4.48. The summed E-state index contributed by atoms with van der Waals surface area (Å²) in [6.07, 6.45) is 0. The van der Waals surface area contributed by atoms with E-state index in [9.17, 15) is 13.2 Å². The number of sulfone groups is 1. The van der Waals surface area contributed by atoms with Gasteiger partial charge in [0.25, 0.3) is 0 Å². The van der Waals surface area contributed by atoms with Gasteiger partial charge in [-0.15, -0.1) is 11.3 Å². The standard InChI is InChI=1S/C17H16N2O3S2/c1-12-18-15-9-14(7-8-16(15)23-12)19-17(20)11-24(21,22)10-13-5-3-2-4-6-13/h2-9H,10-11H2,1H3,(H,19,20). The van der Waals surface area contributed by atoms with Crippen LogP contribution in [0.3, 0.4) is 0 Å². The van der Waals surface area contributed by atoms with Gasteiger partial charge in [-0.3, -0.25) is 4.79 Å². The SMILES string of the molecule is Cc1nc2cc(NC(=O)CS(=O)(=O)Cc3ccccc3)ccc2s1. The molecule has 0 bridgehead atoms. The molecule has 0 aliphatic rings. The lowest BCUT2D eigenvalue weighted by atomic mass is 10.2. The van der Waals surface area contributed by atoms with Crippen molar-refractivity contribution >= 4 is 43.0 Å². The number of thiazole rings is 1. The van der Waals surface area contributed by atoms with Gasteiger partial charge >= 0.3 is 0 Å². The molecule has 1 heterocycles. The zero-order valence-electron chi connectivity index (χ0n) is 13.0. The molecule has 0 radical (unpaired) electrons. The molecule has 1 amide bonds. The van der Waals surface area contributed by atoms with Crippen molar-refractivity contribution in [3.63, 3.8) is 0 Å². The van der Waals surface area contributed by atoms with Gasteiger partial charge in [0.1, 0.15) is 5.75 Å². The van der Waals surface area contributed by atoms with Crippen LogP contribution in [0.4, 0.5) is 5.69 Å². The largest absolute Gasteiger partial charge is 0.325 e. The third kappa shape index (κ3) is 4.18. The van der Waals surface area contributed by atoms with E-state index in [0.29, 0.717) is 11.3 Å². The number of carbonyl (C=O) groups is 1. The van der Waals surface area contributed by atoms with E-state index < -0.39 is 21.5 Å². The average molecular weight is 360 g/mol. The predicted molar refractivity (Wildman–Crippen MR) is 96.9 cm³/mol. The zero-order valence-corrected chi connectivity index (χ0v) is 14.7. The molecule has 0 unspecified atom stereocenters. The Hall–Kier alpha value is -2.25. The molecule has 0 spiro atoms. The molecule has 0 saturated carbocycles. The number of nitrogens with one attached hydrogen (secondary N) is 1. The predicted octanol–water partition coefficient (Wildman–Crippen LogP) is 3.16. The number of benzene rings is 2. The lowest BCUT2D eigenvalue weighted by Gasteiger charge is -2.06. The van der Waals surface area contributed by atoms with Crippen molar-refractivity contribution in [3.05, 3.63) is 59.1 Å². The first-order valence-corrected chi connectivity index (χ1v) is 9.96. The van der Waals surface area contributed by atoms with Crippen LogP contribution in [0.5, 0.6) is 0 Å². The first kappa shape index (κ1) is 16.6. The fraction of sp³-hybridized carbons (Fsp3) is 0.176. The van der Waals surface area contributed by atoms with E-state index in [1.807, 2.05) is 19.1 Å². The molecule has 0 saturated heterocycles. The van der Waals surface area contributed by atoms with E-state index in [1.165, 1.54) is 0 Å². The molecule has 2 aromatic carbocycles. The van der Waals surface area contributed by atoms with Crippen LogP contribution in [-0.4, -0.2) is 25.1 Å². The molecule has 3 aromatic rings. The van der Waals surface area contributed by atoms with Gasteiger partial charge in [-0.25, -0.2) is 13.4 Å². The summed E-state index contributed by atoms with van der Waals surface area (Å²) < 4.78 is 25.3. The summed E-state index contributed by atoms with van der Waals surface area (Å²) in [6, 6.07) is 14.2. The Labute approximate surface area is 144 Å². The van der Waals surface area contributed by atoms with Crippen LogP contribution in [0.1, 0.15) is 10.6 Å². The summed E-state index contributed by atoms with van der Waals surface area (Å²) >= 11 is 1.57. The topological polar surface area (TPSA) is 76.1 Å². The first-order chi connectivity index (χ1) is 11.4. The summed E-state index contributed by atoms with van der Waals surface area (Å²) in [6.45, 7) is 1.92. The number of nitrogens with zero attached hydrogens (tertiary/aromatic N) is 1. The van der Waals surface area contributed by atoms with Crippen LogP contribution in [0, 0.1) is 6.92 Å². The lowest BCUT2D eigenvalue weighted by molar-refractivity contribution is -0.113. The summed E-state index contributed by atoms with van der Waals surface area (Å²) in [5.74, 6) is -1.24. The Morgan fingerprint density at radius 3 is 2.67 bits per heavy atom. The highest BCUT2D eigenvalue weighted by Gasteiger charge is 2.17. The number of hydrogen-bond donors (Lipinski definition) is 1. The van der Waals surface area contributed by atoms with Crippen molar-refractivity contribution < 1.29 is 13.2 Å². The van der Waals surface area contributed by atoms with Gasteiger partial charge in [0.15, 0.2) is 9.84 Å². The van der Waals surface area contributed by atoms with E-state index in [1.54, 1.807) is 47.7 Å². The molecule has 124 valence electrons. The summed E-state index contributed by atoms with van der Waals surface area (Å²) in [5.41, 5.74) is 2.01. The van der Waals surface area contributed by atoms with Crippen molar-refractivity contribution in [2.75, 3.05) is 11.1 Å². The van der Waals surface area contributed by atoms with Gasteiger partial charge in [-0.1, -0.05) is 30.3 Å². The minimum atomic E-state index is -3.52. The smallest absolute Gasteiger partial charge is 0.239 e. The van der Waals surface area contributed by atoms with Crippen LogP contribution in [0.2, 0.25) is 0 Å². The van der Waals surface area contributed by atoms with Gasteiger partial charge in [0, 0.05) is 5.69 Å². The Kier molecular flexibility index (Phi) is 4.64. The Morgan fingerprint density at radius 2 is 1.92 bits per heavy atom. The maximum absolute atomic E-state index is 12.1. The molecule has 0 aliphatic carbocycles. The number of fused-ring (bicyclic) bond motifs is 1. The van der Waals surface area contributed by atoms with E-state index in [4.69, 9.17) is 0 Å². The molecule has 0 atom stereocenters. The second-order valence-electron chi connectivity index (χ2n) is 5.48. The minimum Gasteiger partial charge on any atom is -0.325 e. The zero-order chi connectivity index (χ0) is 17.2. The average Bonchev–Trinajstić information content (AvgIpc) is 2.86. The monoisotopic (exact) mass is 360 g/mol. The highest BCUT2D eigenvalue weighted by molar-refractivity contribution is 7.91. The maximum Gasteiger partial charge on any atom is 0.239 e. The van der Waals surface area contributed by atoms with Crippen LogP contribution >= 0.6 is 11.3 Å². The van der Waals surface area contributed by atoms with E-state index in [2.05, 4.69) is 10.3 Å². The molecule has 5 nitrogen and oxygen atoms in total. The van der Waals surface area contributed by atoms with Crippen molar-refractivity contribution in [1.82, 2.24) is 4.98 Å². The van der Waals surface area contributed by atoms with E-state index >= 15 is 0 Å². The molecule has 3 rings (SSSR count). The van der Waals surface area contributed by atoms with Gasteiger partial charge < -0.3 is 5.32 Å². The van der Waals surface area contributed by atoms with Crippen LogP contribution < -0.4 is 5.32 Å². The van der Waals surface area contributed by atoms with Gasteiger partial charge in [-0.05, 0) is 30.7 Å². The highest BCUT2D eigenvalue weighted by Crippen LogP contribution is 2.24. The number of aromatic nitrogens is 1. The maximum atomic E-state index is 12.1. The summed E-state index contributed by atoms with van der Waals surface area (Å²) in [4.78, 5) is 16.4. The molecular weight excluding hydrogens is 344 g/mol. The molecule has 0 fully saturated rings. The molecule has 1 N–H and O–H groups in total. The van der Waals surface area contributed by atoms with Gasteiger partial charge in [-0.2, -0.15) is 0 Å². The van der Waals surface area contributed by atoms with Gasteiger partial charge in [0.05, 0.1) is 21.0 Å². The summed E-state index contributed by atoms with van der Waals surface area (Å²) in [5, 5.41) is 3.58. The van der Waals surface area contributed by atoms with Crippen molar-refractivity contribution in [1.29, 1.82) is 0 Å². The number of amides is 1. The Bertz CT molecular complexity index is 979. The van der Waals surface area contributed by atoms with E-state index in [-0.39, 0.29) is 5.75 Å². The number of rotatable bonds is 5. The third-order valence-electron chi connectivity index (χ3n) is 3.36. The first-order valence-electron chi connectivity index (χ1n) is 7.33. The number of aryl methyl sites for hydroxylation is 1. The second-order valence-corrected chi connectivity index (χ2v) is 8.78. The molecule has 0 aliphatic heterocycles. The number of hydrogen-bond acceptors (Lipinski definition) is 5. The van der Waals surface area contributed by atoms with E-state index in [0.717, 1.165) is 15.2 Å². The van der Waals surface area contributed by atoms with Crippen LogP contribution in [0.15, 0.2) is 48.5 Å². The quantitative estimate of drug-likeness (QED) is 0.758.